The smallest absolute Gasteiger partial charge is 0.264 e. The van der Waals surface area contributed by atoms with Crippen molar-refractivity contribution in [1.82, 2.24) is 9.97 Å². The number of anilines is 2. The lowest BCUT2D eigenvalue weighted by Gasteiger charge is -2.06. The first-order valence-corrected chi connectivity index (χ1v) is 14.7. The lowest BCUT2D eigenvalue weighted by atomic mass is 10.1. The molecule has 10 heteroatoms. The van der Waals surface area contributed by atoms with Gasteiger partial charge in [0.15, 0.2) is 0 Å². The second-order valence-corrected chi connectivity index (χ2v) is 10.7. The van der Waals surface area contributed by atoms with E-state index in [0.29, 0.717) is 23.5 Å². The number of aromatic nitrogens is 2. The molecule has 0 radical (unpaired) electrons. The fraction of sp³-hybridized carbons (Fsp3) is 0.393. The molecule has 1 heterocycles. The standard InChI is InChI=1S/C28H36N6O3S/c1-2-3-4-5-6-7-8-9-10-12-27(35)31-23-13-15-24(16-14-23)32-33-25-17-19-26(20-18-25)38(36,37)34-28-29-21-11-22-30-28/h11,13-22H,2-10,12H2,1H3,(H,31,35)(H,29,30,34). The fourth-order valence-electron chi connectivity index (χ4n) is 3.77. The van der Waals surface area contributed by atoms with Gasteiger partial charge in [0.25, 0.3) is 10.0 Å². The van der Waals surface area contributed by atoms with E-state index in [9.17, 15) is 13.2 Å². The van der Waals surface area contributed by atoms with Crippen molar-refractivity contribution in [3.8, 4) is 0 Å². The van der Waals surface area contributed by atoms with Gasteiger partial charge in [0.05, 0.1) is 16.3 Å². The normalized spacial score (nSPS) is 11.5. The average molecular weight is 537 g/mol. The molecular formula is C28H36N6O3S. The van der Waals surface area contributed by atoms with Crippen LogP contribution >= 0.6 is 0 Å². The second-order valence-electron chi connectivity index (χ2n) is 9.05. The van der Waals surface area contributed by atoms with Gasteiger partial charge in [-0.15, -0.1) is 0 Å². The minimum atomic E-state index is -3.81. The van der Waals surface area contributed by atoms with E-state index in [-0.39, 0.29) is 16.8 Å². The first kappa shape index (κ1) is 28.9. The molecule has 202 valence electrons. The van der Waals surface area contributed by atoms with Crippen molar-refractivity contribution in [3.05, 3.63) is 67.0 Å². The number of carbonyl (C=O) groups is 1. The molecule has 0 aliphatic carbocycles. The lowest BCUT2D eigenvalue weighted by Crippen LogP contribution is -2.14. The Morgan fingerprint density at radius 2 is 1.29 bits per heavy atom. The molecule has 9 nitrogen and oxygen atoms in total. The fourth-order valence-corrected chi connectivity index (χ4v) is 4.73. The number of sulfonamides is 1. The van der Waals surface area contributed by atoms with Crippen LogP contribution in [0.3, 0.4) is 0 Å². The largest absolute Gasteiger partial charge is 0.326 e. The van der Waals surface area contributed by atoms with Crippen LogP contribution in [0.4, 0.5) is 23.0 Å². The summed E-state index contributed by atoms with van der Waals surface area (Å²) in [6.07, 6.45) is 14.4. The monoisotopic (exact) mass is 536 g/mol. The van der Waals surface area contributed by atoms with Crippen LogP contribution in [0.1, 0.15) is 71.1 Å². The summed E-state index contributed by atoms with van der Waals surface area (Å²) in [6, 6.07) is 14.7. The number of nitrogens with zero attached hydrogens (tertiary/aromatic N) is 4. The van der Waals surface area contributed by atoms with Crippen molar-refractivity contribution in [2.24, 2.45) is 10.2 Å². The van der Waals surface area contributed by atoms with Gasteiger partial charge < -0.3 is 5.32 Å². The van der Waals surface area contributed by atoms with E-state index in [0.717, 1.165) is 12.8 Å². The van der Waals surface area contributed by atoms with E-state index < -0.39 is 10.0 Å². The summed E-state index contributed by atoms with van der Waals surface area (Å²) in [5, 5.41) is 11.3. The minimum absolute atomic E-state index is 0.000557. The Balaban J connectivity index is 1.40. The van der Waals surface area contributed by atoms with Crippen LogP contribution in [0, 0.1) is 0 Å². The molecule has 0 atom stereocenters. The number of hydrogen-bond acceptors (Lipinski definition) is 7. The molecule has 3 rings (SSSR count). The highest BCUT2D eigenvalue weighted by atomic mass is 32.2. The molecule has 0 bridgehead atoms. The Morgan fingerprint density at radius 3 is 1.87 bits per heavy atom. The Kier molecular flexibility index (Phi) is 11.8. The Morgan fingerprint density at radius 1 is 0.763 bits per heavy atom. The number of nitrogens with one attached hydrogen (secondary N) is 2. The summed E-state index contributed by atoms with van der Waals surface area (Å²) in [7, 11) is -3.81. The van der Waals surface area contributed by atoms with E-state index in [1.807, 2.05) is 0 Å². The van der Waals surface area contributed by atoms with Crippen LogP contribution in [-0.2, 0) is 14.8 Å². The van der Waals surface area contributed by atoms with E-state index in [4.69, 9.17) is 0 Å². The zero-order valence-electron chi connectivity index (χ0n) is 21.8. The van der Waals surface area contributed by atoms with Crippen LogP contribution in [0.2, 0.25) is 0 Å². The van der Waals surface area contributed by atoms with Crippen molar-refractivity contribution in [1.29, 1.82) is 0 Å². The zero-order chi connectivity index (χ0) is 27.1. The summed E-state index contributed by atoms with van der Waals surface area (Å²) in [5.74, 6) is 0.0186. The Labute approximate surface area is 225 Å². The third kappa shape index (κ3) is 10.4. The predicted molar refractivity (Wildman–Crippen MR) is 150 cm³/mol. The zero-order valence-corrected chi connectivity index (χ0v) is 22.7. The molecule has 0 unspecified atom stereocenters. The van der Waals surface area contributed by atoms with E-state index >= 15 is 0 Å². The molecule has 2 aromatic carbocycles. The number of hydrogen-bond donors (Lipinski definition) is 2. The van der Waals surface area contributed by atoms with Gasteiger partial charge in [-0.05, 0) is 61.0 Å². The minimum Gasteiger partial charge on any atom is -0.326 e. The van der Waals surface area contributed by atoms with Crippen LogP contribution < -0.4 is 10.0 Å². The summed E-state index contributed by atoms with van der Waals surface area (Å²) < 4.78 is 27.3. The highest BCUT2D eigenvalue weighted by Crippen LogP contribution is 2.22. The van der Waals surface area contributed by atoms with Gasteiger partial charge in [-0.1, -0.05) is 58.3 Å². The molecule has 0 saturated heterocycles. The van der Waals surface area contributed by atoms with E-state index in [2.05, 4.69) is 37.2 Å². The first-order chi connectivity index (χ1) is 18.5. The first-order valence-electron chi connectivity index (χ1n) is 13.2. The number of unbranched alkanes of at least 4 members (excludes halogenated alkanes) is 8. The van der Waals surface area contributed by atoms with E-state index in [1.54, 1.807) is 42.5 Å². The summed E-state index contributed by atoms with van der Waals surface area (Å²) in [6.45, 7) is 2.23. The van der Waals surface area contributed by atoms with Gasteiger partial charge in [-0.3, -0.25) is 4.79 Å². The van der Waals surface area contributed by atoms with Crippen LogP contribution in [0.25, 0.3) is 0 Å². The highest BCUT2D eigenvalue weighted by Gasteiger charge is 2.15. The van der Waals surface area contributed by atoms with Gasteiger partial charge in [-0.25, -0.2) is 23.1 Å². The number of rotatable bonds is 16. The van der Waals surface area contributed by atoms with E-state index in [1.165, 1.54) is 69.5 Å². The SMILES string of the molecule is CCCCCCCCCCCC(=O)Nc1ccc(N=Nc2ccc(S(=O)(=O)Nc3ncccn3)cc2)cc1. The number of carbonyl (C=O) groups excluding carboxylic acids is 1. The summed E-state index contributed by atoms with van der Waals surface area (Å²) in [5.41, 5.74) is 1.83. The molecule has 1 aromatic heterocycles. The molecule has 0 aliphatic rings. The molecule has 3 aromatic rings. The predicted octanol–water partition coefficient (Wildman–Crippen LogP) is 7.55. The molecule has 0 saturated carbocycles. The number of azo groups is 1. The maximum absolute atomic E-state index is 12.5. The Bertz CT molecular complexity index is 1250. The van der Waals surface area contributed by atoms with Gasteiger partial charge in [0.1, 0.15) is 0 Å². The molecular weight excluding hydrogens is 500 g/mol. The van der Waals surface area contributed by atoms with Gasteiger partial charge in [-0.2, -0.15) is 10.2 Å². The van der Waals surface area contributed by atoms with Crippen molar-refractivity contribution in [3.63, 3.8) is 0 Å². The molecule has 0 fully saturated rings. The van der Waals surface area contributed by atoms with Crippen LogP contribution in [0.15, 0.2) is 82.1 Å². The number of benzene rings is 2. The third-order valence-electron chi connectivity index (χ3n) is 5.88. The molecule has 2 N–H and O–H groups in total. The van der Waals surface area contributed by atoms with Gasteiger partial charge in [0, 0.05) is 24.5 Å². The van der Waals surface area contributed by atoms with Gasteiger partial charge in [0.2, 0.25) is 11.9 Å². The van der Waals surface area contributed by atoms with Crippen molar-refractivity contribution >= 4 is 38.9 Å². The highest BCUT2D eigenvalue weighted by molar-refractivity contribution is 7.92. The molecule has 0 spiro atoms. The number of amides is 1. The maximum Gasteiger partial charge on any atom is 0.264 e. The van der Waals surface area contributed by atoms with Crippen LogP contribution in [0.5, 0.6) is 0 Å². The van der Waals surface area contributed by atoms with Crippen molar-refractivity contribution in [2.45, 2.75) is 76.0 Å². The average Bonchev–Trinajstić information content (AvgIpc) is 2.92. The Hall–Kier alpha value is -3.66. The quantitative estimate of drug-likeness (QED) is 0.144. The van der Waals surface area contributed by atoms with Crippen molar-refractivity contribution in [2.75, 3.05) is 10.0 Å². The maximum atomic E-state index is 12.5. The van der Waals surface area contributed by atoms with Crippen LogP contribution in [-0.4, -0.2) is 24.3 Å². The topological polar surface area (TPSA) is 126 Å². The molecule has 0 aliphatic heterocycles. The molecule has 1 amide bonds. The summed E-state index contributed by atoms with van der Waals surface area (Å²) >= 11 is 0. The third-order valence-corrected chi connectivity index (χ3v) is 7.22. The lowest BCUT2D eigenvalue weighted by molar-refractivity contribution is -0.116. The summed E-state index contributed by atoms with van der Waals surface area (Å²) in [4.78, 5) is 20.0. The second kappa shape index (κ2) is 15.6. The molecule has 38 heavy (non-hydrogen) atoms. The van der Waals surface area contributed by atoms with Gasteiger partial charge >= 0.3 is 0 Å². The van der Waals surface area contributed by atoms with Crippen molar-refractivity contribution < 1.29 is 13.2 Å².